The Balaban J connectivity index is 1.92. The van der Waals surface area contributed by atoms with Gasteiger partial charge >= 0.3 is 0 Å². The van der Waals surface area contributed by atoms with Gasteiger partial charge in [-0.2, -0.15) is 0 Å². The minimum atomic E-state index is -2.23. The second kappa shape index (κ2) is 6.01. The molecular formula is C14H24N2O7. The second-order valence-electron chi connectivity index (χ2n) is 6.40. The predicted molar refractivity (Wildman–Crippen MR) is 76.4 cm³/mol. The standard InChI is InChI=1S/C14H24N2O7/c1-5-4-6(17)14(20)13(21-5)22-12-10(19)7(15-2)9(18)8(16-3)11(12)23-14/h5,7-13,15-16,18-20H,4H2,1-3H3/t5-,7-,8+,9+,10-,11+,12-,13+,14+/m1/s1. The summed E-state index contributed by atoms with van der Waals surface area (Å²) in [6.45, 7) is 1.70. The Hall–Kier alpha value is -0.650. The van der Waals surface area contributed by atoms with Gasteiger partial charge in [-0.3, -0.25) is 4.79 Å². The lowest BCUT2D eigenvalue weighted by Crippen LogP contribution is -2.77. The van der Waals surface area contributed by atoms with Crippen LogP contribution in [0.5, 0.6) is 0 Å². The van der Waals surface area contributed by atoms with Crippen molar-refractivity contribution in [3.05, 3.63) is 0 Å². The molecule has 23 heavy (non-hydrogen) atoms. The molecule has 9 atom stereocenters. The number of nitrogens with one attached hydrogen (secondary N) is 2. The first-order valence-corrected chi connectivity index (χ1v) is 7.78. The molecule has 3 aliphatic rings. The lowest BCUT2D eigenvalue weighted by atomic mass is 9.80. The van der Waals surface area contributed by atoms with Gasteiger partial charge in [0.25, 0.3) is 5.79 Å². The number of fused-ring (bicyclic) bond motifs is 2. The normalized spacial score (nSPS) is 53.6. The number of carbonyl (C=O) groups is 1. The number of aliphatic hydroxyl groups excluding tert-OH is 2. The number of rotatable bonds is 2. The van der Waals surface area contributed by atoms with E-state index in [1.807, 2.05) is 0 Å². The van der Waals surface area contributed by atoms with Crippen molar-refractivity contribution in [2.75, 3.05) is 14.1 Å². The van der Waals surface area contributed by atoms with Crippen molar-refractivity contribution in [1.82, 2.24) is 10.6 Å². The summed E-state index contributed by atoms with van der Waals surface area (Å²) in [6.07, 6.45) is -5.58. The van der Waals surface area contributed by atoms with Crippen LogP contribution in [-0.4, -0.2) is 89.9 Å². The van der Waals surface area contributed by atoms with E-state index in [1.165, 1.54) is 0 Å². The zero-order valence-electron chi connectivity index (χ0n) is 13.3. The van der Waals surface area contributed by atoms with Crippen LogP contribution < -0.4 is 10.6 Å². The van der Waals surface area contributed by atoms with E-state index in [4.69, 9.17) is 14.2 Å². The Labute approximate surface area is 133 Å². The molecular weight excluding hydrogens is 308 g/mol. The first-order valence-electron chi connectivity index (χ1n) is 7.78. The van der Waals surface area contributed by atoms with Crippen LogP contribution in [0.15, 0.2) is 0 Å². The first-order chi connectivity index (χ1) is 10.8. The molecule has 2 saturated heterocycles. The van der Waals surface area contributed by atoms with E-state index in [0.717, 1.165) is 0 Å². The Morgan fingerprint density at radius 3 is 2.35 bits per heavy atom. The van der Waals surface area contributed by atoms with Crippen LogP contribution in [0.2, 0.25) is 0 Å². The fourth-order valence-corrected chi connectivity index (χ4v) is 3.68. The van der Waals surface area contributed by atoms with Crippen molar-refractivity contribution in [3.63, 3.8) is 0 Å². The maximum atomic E-state index is 12.2. The van der Waals surface area contributed by atoms with Gasteiger partial charge in [0.15, 0.2) is 5.78 Å². The molecule has 5 N–H and O–H groups in total. The van der Waals surface area contributed by atoms with Crippen LogP contribution in [0.25, 0.3) is 0 Å². The highest BCUT2D eigenvalue weighted by Gasteiger charge is 2.63. The average molecular weight is 332 g/mol. The molecule has 0 aromatic carbocycles. The molecule has 2 heterocycles. The molecule has 3 fully saturated rings. The van der Waals surface area contributed by atoms with Crippen molar-refractivity contribution in [3.8, 4) is 0 Å². The van der Waals surface area contributed by atoms with Crippen LogP contribution in [0, 0.1) is 0 Å². The summed E-state index contributed by atoms with van der Waals surface area (Å²) in [5, 5.41) is 37.2. The summed E-state index contributed by atoms with van der Waals surface area (Å²) >= 11 is 0. The fraction of sp³-hybridized carbons (Fsp3) is 0.929. The molecule has 9 heteroatoms. The van der Waals surface area contributed by atoms with E-state index in [9.17, 15) is 20.1 Å². The maximum absolute atomic E-state index is 12.2. The Morgan fingerprint density at radius 1 is 1.09 bits per heavy atom. The summed E-state index contributed by atoms with van der Waals surface area (Å²) in [5.74, 6) is -2.76. The number of Topliss-reactive ketones (excluding diaryl/α,β-unsaturated/α-hetero) is 1. The molecule has 0 radical (unpaired) electrons. The predicted octanol–water partition coefficient (Wildman–Crippen LogP) is -2.93. The molecule has 0 amide bonds. The minimum absolute atomic E-state index is 0.00220. The third-order valence-electron chi connectivity index (χ3n) is 4.93. The molecule has 0 aromatic heterocycles. The number of hydrogen-bond donors (Lipinski definition) is 5. The Kier molecular flexibility index (Phi) is 4.49. The molecule has 3 rings (SSSR count). The summed E-state index contributed by atoms with van der Waals surface area (Å²) in [7, 11) is 3.24. The summed E-state index contributed by atoms with van der Waals surface area (Å²) in [4.78, 5) is 12.2. The van der Waals surface area contributed by atoms with E-state index < -0.39 is 60.5 Å². The van der Waals surface area contributed by atoms with Gasteiger partial charge in [0, 0.05) is 6.42 Å². The lowest BCUT2D eigenvalue weighted by Gasteiger charge is -2.55. The summed E-state index contributed by atoms with van der Waals surface area (Å²) in [5.41, 5.74) is 0. The number of aliphatic hydroxyl groups is 3. The van der Waals surface area contributed by atoms with Crippen molar-refractivity contribution in [1.29, 1.82) is 0 Å². The van der Waals surface area contributed by atoms with E-state index in [0.29, 0.717) is 0 Å². The summed E-state index contributed by atoms with van der Waals surface area (Å²) < 4.78 is 16.8. The zero-order valence-corrected chi connectivity index (χ0v) is 13.3. The third kappa shape index (κ3) is 2.52. The molecule has 1 saturated carbocycles. The third-order valence-corrected chi connectivity index (χ3v) is 4.93. The molecule has 2 aliphatic heterocycles. The van der Waals surface area contributed by atoms with E-state index in [2.05, 4.69) is 10.6 Å². The first kappa shape index (κ1) is 17.2. The van der Waals surface area contributed by atoms with Crippen LogP contribution in [0.1, 0.15) is 13.3 Å². The highest BCUT2D eigenvalue weighted by molar-refractivity contribution is 5.87. The van der Waals surface area contributed by atoms with E-state index in [-0.39, 0.29) is 6.42 Å². The van der Waals surface area contributed by atoms with Gasteiger partial charge in [-0.15, -0.1) is 0 Å². The van der Waals surface area contributed by atoms with Gasteiger partial charge in [-0.25, -0.2) is 0 Å². The number of ketones is 1. The van der Waals surface area contributed by atoms with Crippen molar-refractivity contribution in [2.24, 2.45) is 0 Å². The highest BCUT2D eigenvalue weighted by atomic mass is 16.8. The second-order valence-corrected chi connectivity index (χ2v) is 6.40. The van der Waals surface area contributed by atoms with Crippen molar-refractivity contribution < 1.29 is 34.3 Å². The largest absolute Gasteiger partial charge is 0.390 e. The molecule has 1 aliphatic carbocycles. The molecule has 0 unspecified atom stereocenters. The van der Waals surface area contributed by atoms with Gasteiger partial charge in [0.05, 0.1) is 24.3 Å². The minimum Gasteiger partial charge on any atom is -0.390 e. The van der Waals surface area contributed by atoms with Crippen molar-refractivity contribution >= 4 is 5.78 Å². The van der Waals surface area contributed by atoms with Gasteiger partial charge in [-0.05, 0) is 21.0 Å². The number of ether oxygens (including phenoxy) is 3. The summed E-state index contributed by atoms with van der Waals surface area (Å²) in [6, 6.07) is -1.29. The van der Waals surface area contributed by atoms with Gasteiger partial charge < -0.3 is 40.2 Å². The molecule has 0 spiro atoms. The maximum Gasteiger partial charge on any atom is 0.280 e. The van der Waals surface area contributed by atoms with Gasteiger partial charge in [0.1, 0.15) is 18.3 Å². The average Bonchev–Trinajstić information content (AvgIpc) is 2.49. The number of likely N-dealkylation sites (N-methyl/N-ethyl adjacent to an activating group) is 2. The van der Waals surface area contributed by atoms with Gasteiger partial charge in [-0.1, -0.05) is 0 Å². The Morgan fingerprint density at radius 2 is 1.74 bits per heavy atom. The molecule has 0 aromatic rings. The molecule has 0 bridgehead atoms. The van der Waals surface area contributed by atoms with E-state index >= 15 is 0 Å². The van der Waals surface area contributed by atoms with Crippen LogP contribution in [0.4, 0.5) is 0 Å². The number of carbonyl (C=O) groups excluding carboxylic acids is 1. The van der Waals surface area contributed by atoms with Gasteiger partial charge in [0.2, 0.25) is 6.29 Å². The number of hydrogen-bond acceptors (Lipinski definition) is 9. The van der Waals surface area contributed by atoms with Crippen LogP contribution >= 0.6 is 0 Å². The Bertz CT molecular complexity index is 478. The monoisotopic (exact) mass is 332 g/mol. The SMILES string of the molecule is CN[C@H]1[C@@H](O)[C@H]2O[C@@H]3O[C@H](C)CC(=O)[C@]3(O)O[C@H]2[C@@H](NC)[C@H]1O. The fourth-order valence-electron chi connectivity index (χ4n) is 3.68. The topological polar surface area (TPSA) is 130 Å². The highest BCUT2D eigenvalue weighted by Crippen LogP contribution is 2.40. The van der Waals surface area contributed by atoms with Crippen molar-refractivity contribution in [2.45, 2.75) is 68.0 Å². The molecule has 9 nitrogen and oxygen atoms in total. The van der Waals surface area contributed by atoms with Crippen LogP contribution in [0.3, 0.4) is 0 Å². The zero-order chi connectivity index (χ0) is 16.9. The van der Waals surface area contributed by atoms with E-state index in [1.54, 1.807) is 21.0 Å². The lowest BCUT2D eigenvalue weighted by molar-refractivity contribution is -0.420. The quantitative estimate of drug-likeness (QED) is 0.361. The molecule has 132 valence electrons. The smallest absolute Gasteiger partial charge is 0.280 e. The van der Waals surface area contributed by atoms with Crippen LogP contribution in [-0.2, 0) is 19.0 Å².